The SMILES string of the molecule is CS(=O)(=O)c1ccc(-c2ccc3c(c2)OCC[C@@H]2CC[C@H](O)[C@@H](CNC(=O)[C@@H]4C[C@@H](CN4C(=O)Nc4ccc(OC(F)(F)F)cc4)NC3=O)O2)cc1. The van der Waals surface area contributed by atoms with Crippen LogP contribution in [0.15, 0.2) is 71.6 Å². The monoisotopic (exact) mass is 746 g/mol. The van der Waals surface area contributed by atoms with Gasteiger partial charge in [-0.05, 0) is 78.9 Å². The third-order valence-corrected chi connectivity index (χ3v) is 10.3. The molecule has 6 rings (SSSR count). The van der Waals surface area contributed by atoms with Gasteiger partial charge in [0.15, 0.2) is 9.84 Å². The van der Waals surface area contributed by atoms with Crippen LogP contribution in [-0.2, 0) is 19.4 Å². The molecule has 3 aromatic carbocycles. The summed E-state index contributed by atoms with van der Waals surface area (Å²) in [5, 5.41) is 18.9. The van der Waals surface area contributed by atoms with Gasteiger partial charge in [0.1, 0.15) is 23.6 Å². The molecule has 3 aromatic rings. The zero-order valence-corrected chi connectivity index (χ0v) is 28.7. The number of likely N-dealkylation sites (tertiary alicyclic amines) is 1. The second-order valence-corrected chi connectivity index (χ2v) is 14.9. The third kappa shape index (κ3) is 8.94. The second-order valence-electron chi connectivity index (χ2n) is 12.9. The van der Waals surface area contributed by atoms with Gasteiger partial charge in [-0.25, -0.2) is 13.2 Å². The van der Waals surface area contributed by atoms with Crippen molar-refractivity contribution in [3.63, 3.8) is 0 Å². The topological polar surface area (TPSA) is 173 Å². The summed E-state index contributed by atoms with van der Waals surface area (Å²) in [5.41, 5.74) is 1.68. The number of carbonyl (C=O) groups is 3. The summed E-state index contributed by atoms with van der Waals surface area (Å²) in [6.45, 7) is 0.0428. The highest BCUT2D eigenvalue weighted by Crippen LogP contribution is 2.31. The van der Waals surface area contributed by atoms with Gasteiger partial charge in [0.05, 0.1) is 29.3 Å². The predicted molar refractivity (Wildman–Crippen MR) is 181 cm³/mol. The van der Waals surface area contributed by atoms with Gasteiger partial charge >= 0.3 is 12.4 Å². The predicted octanol–water partition coefficient (Wildman–Crippen LogP) is 3.87. The first-order valence-corrected chi connectivity index (χ1v) is 18.4. The number of nitrogens with one attached hydrogen (secondary N) is 3. The van der Waals surface area contributed by atoms with E-state index >= 15 is 0 Å². The summed E-state index contributed by atoms with van der Waals surface area (Å²) in [6, 6.07) is 13.3. The lowest BCUT2D eigenvalue weighted by Crippen LogP contribution is -2.51. The number of urea groups is 1. The molecular weight excluding hydrogens is 709 g/mol. The van der Waals surface area contributed by atoms with Crippen molar-refractivity contribution in [2.24, 2.45) is 0 Å². The van der Waals surface area contributed by atoms with Gasteiger partial charge in [-0.1, -0.05) is 18.2 Å². The molecule has 52 heavy (non-hydrogen) atoms. The summed E-state index contributed by atoms with van der Waals surface area (Å²) in [6.07, 6.45) is -4.23. The quantitative estimate of drug-likeness (QED) is 0.309. The van der Waals surface area contributed by atoms with E-state index in [0.717, 1.165) is 18.4 Å². The highest BCUT2D eigenvalue weighted by Gasteiger charge is 2.41. The number of sulfone groups is 1. The average molecular weight is 747 g/mol. The zero-order valence-electron chi connectivity index (χ0n) is 27.9. The largest absolute Gasteiger partial charge is 0.573 e. The molecule has 2 saturated heterocycles. The molecular formula is C35H37F3N4O9S. The molecule has 278 valence electrons. The maximum Gasteiger partial charge on any atom is 0.573 e. The van der Waals surface area contributed by atoms with E-state index in [1.807, 2.05) is 0 Å². The molecule has 3 aliphatic heterocycles. The van der Waals surface area contributed by atoms with E-state index in [4.69, 9.17) is 9.47 Å². The van der Waals surface area contributed by atoms with Crippen molar-refractivity contribution in [2.75, 3.05) is 31.3 Å². The first-order valence-electron chi connectivity index (χ1n) is 16.6. The third-order valence-electron chi connectivity index (χ3n) is 9.14. The number of aliphatic hydroxyl groups is 1. The molecule has 0 saturated carbocycles. The Hall–Kier alpha value is -4.87. The van der Waals surface area contributed by atoms with Crippen molar-refractivity contribution in [1.82, 2.24) is 15.5 Å². The van der Waals surface area contributed by atoms with Crippen molar-refractivity contribution in [3.8, 4) is 22.6 Å². The number of benzene rings is 3. The number of rotatable bonds is 4. The second kappa shape index (κ2) is 15.0. The number of nitrogens with zero attached hydrogens (tertiary/aromatic N) is 1. The average Bonchev–Trinajstić information content (AvgIpc) is 3.51. The first kappa shape index (κ1) is 36.9. The molecule has 2 fully saturated rings. The van der Waals surface area contributed by atoms with Gasteiger partial charge in [0.25, 0.3) is 5.91 Å². The molecule has 0 spiro atoms. The molecule has 17 heteroatoms. The Morgan fingerprint density at radius 1 is 1.00 bits per heavy atom. The number of hydrogen-bond donors (Lipinski definition) is 4. The van der Waals surface area contributed by atoms with E-state index in [9.17, 15) is 41.1 Å². The van der Waals surface area contributed by atoms with Crippen molar-refractivity contribution in [2.45, 2.75) is 67.3 Å². The standard InChI is InChI=1S/C35H37F3N4O9S/c1-52(47,48)26-10-2-20(3-11-26)21-4-12-27-30(16-21)49-15-14-24-9-13-29(43)31(50-24)18-39-33(45)28-17-23(40-32(27)44)19-42(28)34(46)41-22-5-7-25(8-6-22)51-35(36,37)38/h2-8,10-12,16,23-24,28-29,31,43H,9,13-15,17-19H2,1H3,(H,39,45)(H,40,44)(H,41,46)/t23-,24-,28-,29-,31+/m0/s1. The molecule has 3 aliphatic rings. The van der Waals surface area contributed by atoms with Gasteiger partial charge in [-0.3, -0.25) is 9.59 Å². The fourth-order valence-corrected chi connectivity index (χ4v) is 7.11. The van der Waals surface area contributed by atoms with Crippen LogP contribution < -0.4 is 25.4 Å². The molecule has 13 nitrogen and oxygen atoms in total. The lowest BCUT2D eigenvalue weighted by molar-refractivity contribution is -0.274. The van der Waals surface area contributed by atoms with E-state index in [1.165, 1.54) is 29.2 Å². The number of alkyl halides is 3. The van der Waals surface area contributed by atoms with Crippen LogP contribution in [-0.4, -0.2) is 99.0 Å². The molecule has 0 aromatic heterocycles. The van der Waals surface area contributed by atoms with E-state index in [2.05, 4.69) is 20.7 Å². The van der Waals surface area contributed by atoms with Crippen LogP contribution >= 0.6 is 0 Å². The van der Waals surface area contributed by atoms with Gasteiger partial charge in [0, 0.05) is 37.5 Å². The number of fused-ring (bicyclic) bond motifs is 5. The molecule has 3 heterocycles. The van der Waals surface area contributed by atoms with Crippen molar-refractivity contribution < 1.29 is 55.3 Å². The number of anilines is 1. The minimum Gasteiger partial charge on any atom is -0.493 e. The Morgan fingerprint density at radius 2 is 1.71 bits per heavy atom. The van der Waals surface area contributed by atoms with Gasteiger partial charge in [-0.15, -0.1) is 13.2 Å². The van der Waals surface area contributed by atoms with Crippen molar-refractivity contribution in [1.29, 1.82) is 0 Å². The van der Waals surface area contributed by atoms with Crippen LogP contribution in [0.5, 0.6) is 11.5 Å². The summed E-state index contributed by atoms with van der Waals surface area (Å²) < 4.78 is 77.9. The molecule has 0 aliphatic carbocycles. The fraction of sp³-hybridized carbons (Fsp3) is 0.400. The Kier molecular flexibility index (Phi) is 10.6. The van der Waals surface area contributed by atoms with E-state index in [1.54, 1.807) is 30.3 Å². The van der Waals surface area contributed by atoms with Crippen molar-refractivity contribution >= 4 is 33.4 Å². The molecule has 4 bridgehead atoms. The van der Waals surface area contributed by atoms with Gasteiger partial charge in [-0.2, -0.15) is 0 Å². The normalized spacial score (nSPS) is 24.2. The number of halogens is 3. The molecule has 0 unspecified atom stereocenters. The van der Waals surface area contributed by atoms with Gasteiger partial charge in [0.2, 0.25) is 5.91 Å². The van der Waals surface area contributed by atoms with Crippen LogP contribution in [0.1, 0.15) is 36.0 Å². The van der Waals surface area contributed by atoms with Crippen LogP contribution in [0.25, 0.3) is 11.1 Å². The maximum absolute atomic E-state index is 13.8. The van der Waals surface area contributed by atoms with E-state index < -0.39 is 64.1 Å². The lowest BCUT2D eigenvalue weighted by atomic mass is 9.99. The van der Waals surface area contributed by atoms with E-state index in [-0.39, 0.29) is 54.1 Å². The molecule has 4 N–H and O–H groups in total. The number of ether oxygens (including phenoxy) is 3. The summed E-state index contributed by atoms with van der Waals surface area (Å²) in [4.78, 5) is 42.2. The minimum absolute atomic E-state index is 0.0288. The zero-order chi connectivity index (χ0) is 37.2. The molecule has 0 radical (unpaired) electrons. The van der Waals surface area contributed by atoms with Gasteiger partial charge < -0.3 is 40.2 Å². The Balaban J connectivity index is 1.26. The van der Waals surface area contributed by atoms with E-state index in [0.29, 0.717) is 30.4 Å². The number of hydrogen-bond acceptors (Lipinski definition) is 9. The van der Waals surface area contributed by atoms with Crippen LogP contribution in [0, 0.1) is 0 Å². The molecule has 5 atom stereocenters. The lowest BCUT2D eigenvalue weighted by Gasteiger charge is -2.34. The van der Waals surface area contributed by atoms with Crippen molar-refractivity contribution in [3.05, 3.63) is 72.3 Å². The van der Waals surface area contributed by atoms with Crippen LogP contribution in [0.3, 0.4) is 0 Å². The fourth-order valence-electron chi connectivity index (χ4n) is 6.48. The first-order chi connectivity index (χ1) is 24.6. The Morgan fingerprint density at radius 3 is 2.40 bits per heavy atom. The molecule has 4 amide bonds. The number of aliphatic hydroxyl groups excluding tert-OH is 1. The summed E-state index contributed by atoms with van der Waals surface area (Å²) in [5.74, 6) is -1.29. The highest BCUT2D eigenvalue weighted by atomic mass is 32.2. The van der Waals surface area contributed by atoms with Crippen LogP contribution in [0.2, 0.25) is 0 Å². The summed E-state index contributed by atoms with van der Waals surface area (Å²) in [7, 11) is -3.40. The number of amides is 4. The van der Waals surface area contributed by atoms with Crippen LogP contribution in [0.4, 0.5) is 23.7 Å². The number of carbonyl (C=O) groups excluding carboxylic acids is 3. The minimum atomic E-state index is -4.89. The summed E-state index contributed by atoms with van der Waals surface area (Å²) >= 11 is 0. The Labute approximate surface area is 297 Å². The smallest absolute Gasteiger partial charge is 0.493 e. The Bertz CT molecular complexity index is 1910. The highest BCUT2D eigenvalue weighted by molar-refractivity contribution is 7.90. The maximum atomic E-state index is 13.8.